The van der Waals surface area contributed by atoms with Gasteiger partial charge in [-0.2, -0.15) is 0 Å². The molecule has 0 bridgehead atoms. The first-order valence-corrected chi connectivity index (χ1v) is 15.4. The van der Waals surface area contributed by atoms with Crippen LogP contribution in [-0.4, -0.2) is 84.5 Å². The monoisotopic (exact) mass is 597 g/mol. The number of rotatable bonds is 8. The summed E-state index contributed by atoms with van der Waals surface area (Å²) in [6.07, 6.45) is 1.01. The van der Waals surface area contributed by atoms with Crippen molar-refractivity contribution in [1.82, 2.24) is 19.4 Å². The van der Waals surface area contributed by atoms with E-state index in [9.17, 15) is 14.0 Å². The van der Waals surface area contributed by atoms with Crippen LogP contribution in [0.25, 0.3) is 22.4 Å². The van der Waals surface area contributed by atoms with Crippen LogP contribution in [0.5, 0.6) is 0 Å². The van der Waals surface area contributed by atoms with Crippen LogP contribution in [0, 0.1) is 11.7 Å². The number of piperazine rings is 1. The van der Waals surface area contributed by atoms with Gasteiger partial charge in [-0.05, 0) is 93.6 Å². The highest BCUT2D eigenvalue weighted by molar-refractivity contribution is 6.03. The molecule has 1 fully saturated rings. The summed E-state index contributed by atoms with van der Waals surface area (Å²) in [7, 11) is 4.13. The van der Waals surface area contributed by atoms with E-state index >= 15 is 0 Å². The van der Waals surface area contributed by atoms with Gasteiger partial charge in [-0.25, -0.2) is 9.37 Å². The minimum atomic E-state index is -0.458. The third-order valence-corrected chi connectivity index (χ3v) is 8.50. The average molecular weight is 598 g/mol. The molecular weight excluding hydrogens is 557 g/mol. The van der Waals surface area contributed by atoms with Crippen molar-refractivity contribution in [3.63, 3.8) is 0 Å². The average Bonchev–Trinajstić information content (AvgIpc) is 3.32. The number of aromatic nitrogens is 2. The Labute approximate surface area is 257 Å². The Morgan fingerprint density at radius 1 is 1.05 bits per heavy atom. The van der Waals surface area contributed by atoms with E-state index in [1.807, 2.05) is 53.6 Å². The second-order valence-corrected chi connectivity index (χ2v) is 12.3. The maximum Gasteiger partial charge on any atom is 0.254 e. The maximum absolute atomic E-state index is 13.6. The largest absolute Gasteiger partial charge is 0.385 e. The molecule has 0 spiro atoms. The highest BCUT2D eigenvalue weighted by Crippen LogP contribution is 2.40. The zero-order valence-corrected chi connectivity index (χ0v) is 25.8. The molecule has 3 aromatic carbocycles. The Morgan fingerprint density at radius 2 is 1.80 bits per heavy atom. The van der Waals surface area contributed by atoms with Crippen molar-refractivity contribution in [3.05, 3.63) is 72.0 Å². The summed E-state index contributed by atoms with van der Waals surface area (Å²) in [5.41, 5.74) is 5.58. The second-order valence-electron chi connectivity index (χ2n) is 12.3. The molecule has 0 unspecified atom stereocenters. The molecule has 1 atom stereocenters. The van der Waals surface area contributed by atoms with Gasteiger partial charge in [-0.1, -0.05) is 13.8 Å². The molecule has 3 heterocycles. The van der Waals surface area contributed by atoms with Crippen molar-refractivity contribution < 1.29 is 14.0 Å². The quantitative estimate of drug-likeness (QED) is 0.268. The van der Waals surface area contributed by atoms with Crippen LogP contribution in [-0.2, 0) is 4.79 Å². The van der Waals surface area contributed by atoms with E-state index < -0.39 is 6.04 Å². The van der Waals surface area contributed by atoms with E-state index in [1.165, 1.54) is 12.1 Å². The van der Waals surface area contributed by atoms with Gasteiger partial charge in [0, 0.05) is 55.2 Å². The normalized spacial score (nSPS) is 16.6. The number of benzene rings is 3. The number of halogens is 1. The number of imidazole rings is 1. The smallest absolute Gasteiger partial charge is 0.254 e. The number of amides is 2. The molecule has 2 aliphatic rings. The molecule has 2 aliphatic heterocycles. The summed E-state index contributed by atoms with van der Waals surface area (Å²) in [4.78, 5) is 38.4. The lowest BCUT2D eigenvalue weighted by Gasteiger charge is -2.36. The minimum absolute atomic E-state index is 0.0165. The van der Waals surface area contributed by atoms with Crippen molar-refractivity contribution >= 4 is 39.9 Å². The molecule has 6 rings (SSSR count). The van der Waals surface area contributed by atoms with E-state index in [4.69, 9.17) is 4.98 Å². The zero-order valence-electron chi connectivity index (χ0n) is 25.8. The second kappa shape index (κ2) is 12.3. The Kier molecular flexibility index (Phi) is 8.27. The standard InChI is InChI=1S/C34H40FN7O2/c1-22(2)31-33(43)38-28-12-9-25(36-14-5-15-39(3)4)21-27(28)32-37-29-20-23(6-13-30(29)42(31)32)34(44)41-18-16-40(17-19-41)26-10-7-24(35)8-11-26/h6-13,20-22,31,36H,5,14-19H2,1-4H3,(H,38,43)/t31-/m0/s1. The number of nitrogens with zero attached hydrogens (tertiary/aromatic N) is 5. The Bertz CT molecular complexity index is 1670. The number of nitrogens with one attached hydrogen (secondary N) is 2. The number of carbonyl (C=O) groups excluding carboxylic acids is 2. The van der Waals surface area contributed by atoms with E-state index in [2.05, 4.69) is 40.6 Å². The predicted octanol–water partition coefficient (Wildman–Crippen LogP) is 5.32. The summed E-state index contributed by atoms with van der Waals surface area (Å²) < 4.78 is 15.4. The molecule has 2 N–H and O–H groups in total. The molecule has 230 valence electrons. The minimum Gasteiger partial charge on any atom is -0.385 e. The molecule has 44 heavy (non-hydrogen) atoms. The van der Waals surface area contributed by atoms with Gasteiger partial charge in [0.2, 0.25) is 5.91 Å². The highest BCUT2D eigenvalue weighted by Gasteiger charge is 2.34. The molecule has 4 aromatic rings. The highest BCUT2D eigenvalue weighted by atomic mass is 19.1. The van der Waals surface area contributed by atoms with Crippen molar-refractivity contribution in [2.75, 3.05) is 68.9 Å². The fourth-order valence-corrected chi connectivity index (χ4v) is 6.21. The van der Waals surface area contributed by atoms with Gasteiger partial charge >= 0.3 is 0 Å². The van der Waals surface area contributed by atoms with Crippen molar-refractivity contribution in [2.24, 2.45) is 5.92 Å². The summed E-state index contributed by atoms with van der Waals surface area (Å²) >= 11 is 0. The molecule has 9 nitrogen and oxygen atoms in total. The number of carbonyl (C=O) groups is 2. The zero-order chi connectivity index (χ0) is 31.0. The lowest BCUT2D eigenvalue weighted by atomic mass is 10.0. The third kappa shape index (κ3) is 5.86. The Hall–Kier alpha value is -4.44. The summed E-state index contributed by atoms with van der Waals surface area (Å²) in [5, 5.41) is 6.64. The van der Waals surface area contributed by atoms with Crippen LogP contribution in [0.2, 0.25) is 0 Å². The Morgan fingerprint density at radius 3 is 2.50 bits per heavy atom. The number of hydrogen-bond acceptors (Lipinski definition) is 6. The molecule has 0 aliphatic carbocycles. The van der Waals surface area contributed by atoms with Crippen LogP contribution < -0.4 is 15.5 Å². The molecule has 1 saturated heterocycles. The summed E-state index contributed by atoms with van der Waals surface area (Å²) in [5.74, 6) is 0.345. The molecule has 0 saturated carbocycles. The van der Waals surface area contributed by atoms with E-state index in [0.29, 0.717) is 43.1 Å². The van der Waals surface area contributed by atoms with Gasteiger partial charge in [0.25, 0.3) is 5.91 Å². The molecular formula is C34H40FN7O2. The van der Waals surface area contributed by atoms with Crippen LogP contribution >= 0.6 is 0 Å². The topological polar surface area (TPSA) is 85.7 Å². The number of anilines is 3. The fourth-order valence-electron chi connectivity index (χ4n) is 6.21. The van der Waals surface area contributed by atoms with Crippen molar-refractivity contribution in [2.45, 2.75) is 26.3 Å². The molecule has 0 radical (unpaired) electrons. The lowest BCUT2D eigenvalue weighted by molar-refractivity contribution is -0.120. The SMILES string of the molecule is CC(C)[C@H]1C(=O)Nc2ccc(NCCCN(C)C)cc2-c2nc3cc(C(=O)N4CCN(c5ccc(F)cc5)CC4)ccc3n21. The van der Waals surface area contributed by atoms with Crippen LogP contribution in [0.4, 0.5) is 21.5 Å². The molecule has 2 amide bonds. The van der Waals surface area contributed by atoms with Gasteiger partial charge in [-0.3, -0.25) is 9.59 Å². The van der Waals surface area contributed by atoms with E-state index in [-0.39, 0.29) is 23.5 Å². The molecule has 10 heteroatoms. The van der Waals surface area contributed by atoms with Gasteiger partial charge in [-0.15, -0.1) is 0 Å². The lowest BCUT2D eigenvalue weighted by Crippen LogP contribution is -2.48. The third-order valence-electron chi connectivity index (χ3n) is 8.50. The van der Waals surface area contributed by atoms with Gasteiger partial charge < -0.3 is 29.9 Å². The summed E-state index contributed by atoms with van der Waals surface area (Å²) in [6.45, 7) is 8.39. The molecule has 1 aromatic heterocycles. The predicted molar refractivity (Wildman–Crippen MR) is 174 cm³/mol. The van der Waals surface area contributed by atoms with E-state index in [0.717, 1.165) is 47.7 Å². The first-order chi connectivity index (χ1) is 21.2. The summed E-state index contributed by atoms with van der Waals surface area (Å²) in [6, 6.07) is 17.6. The van der Waals surface area contributed by atoms with Crippen LogP contribution in [0.1, 0.15) is 36.7 Å². The first-order valence-electron chi connectivity index (χ1n) is 15.4. The van der Waals surface area contributed by atoms with Crippen LogP contribution in [0.3, 0.4) is 0 Å². The number of fused-ring (bicyclic) bond motifs is 5. The van der Waals surface area contributed by atoms with Gasteiger partial charge in [0.15, 0.2) is 0 Å². The van der Waals surface area contributed by atoms with Crippen molar-refractivity contribution in [3.8, 4) is 11.4 Å². The van der Waals surface area contributed by atoms with Crippen molar-refractivity contribution in [1.29, 1.82) is 0 Å². The number of hydrogen-bond donors (Lipinski definition) is 2. The Balaban J connectivity index is 1.29. The van der Waals surface area contributed by atoms with Crippen LogP contribution in [0.15, 0.2) is 60.7 Å². The van der Waals surface area contributed by atoms with E-state index in [1.54, 1.807) is 12.1 Å². The van der Waals surface area contributed by atoms with Gasteiger partial charge in [0.1, 0.15) is 17.7 Å². The van der Waals surface area contributed by atoms with Gasteiger partial charge in [0.05, 0.1) is 16.7 Å². The first kappa shape index (κ1) is 29.6. The fraction of sp³-hybridized carbons (Fsp3) is 0.382. The maximum atomic E-state index is 13.6.